The largest absolute Gasteiger partial charge is 0.394 e. The number of methoxy groups -OCH3 is 1. The van der Waals surface area contributed by atoms with Crippen LogP contribution in [0.1, 0.15) is 26.2 Å². The van der Waals surface area contributed by atoms with E-state index in [9.17, 15) is 86.8 Å². The average Bonchev–Trinajstić information content (AvgIpc) is 3.68. The number of nitrogens with one attached hydrogen (secondary N) is 2. The molecule has 0 amide bonds. The van der Waals surface area contributed by atoms with Crippen molar-refractivity contribution < 1.29 is 134 Å². The van der Waals surface area contributed by atoms with E-state index in [0.29, 0.717) is 54.6 Å². The van der Waals surface area contributed by atoms with Crippen LogP contribution in [0.3, 0.4) is 0 Å². The zero-order valence-electron chi connectivity index (χ0n) is 46.3. The summed E-state index contributed by atoms with van der Waals surface area (Å²) in [5.41, 5.74) is -3.74. The quantitative estimate of drug-likeness (QED) is 0.0207. The Hall–Kier alpha value is 0.01000. The summed E-state index contributed by atoms with van der Waals surface area (Å²) >= 11 is 10.7. The average molecular weight is 1300 g/mol. The number of ether oxygens (including phenoxy) is 10. The Morgan fingerprint density at radius 3 is 1.29 bits per heavy atom. The Labute approximate surface area is 504 Å². The van der Waals surface area contributed by atoms with Crippen molar-refractivity contribution >= 4 is 64.4 Å². The molecule has 0 aromatic rings. The fourth-order valence-electron chi connectivity index (χ4n) is 9.55. The fourth-order valence-corrected chi connectivity index (χ4v) is 14.0. The van der Waals surface area contributed by atoms with E-state index in [0.717, 1.165) is 0 Å². The summed E-state index contributed by atoms with van der Waals surface area (Å²) < 4.78 is 58.2. The Morgan fingerprint density at radius 1 is 0.470 bits per heavy atom. The first-order valence-corrected chi connectivity index (χ1v) is 32.3. The zero-order valence-corrected chi connectivity index (χ0v) is 50.4. The highest BCUT2D eigenvalue weighted by molar-refractivity contribution is 8.00. The predicted octanol–water partition coefficient (Wildman–Crippen LogP) is -7.46. The van der Waals surface area contributed by atoms with Crippen LogP contribution >= 0.6 is 59.3 Å². The van der Waals surface area contributed by atoms with E-state index in [4.69, 9.17) is 59.6 Å². The van der Waals surface area contributed by atoms with Crippen LogP contribution in [-0.4, -0.2) is 352 Å². The smallest absolute Gasteiger partial charge is 0.186 e. The van der Waals surface area contributed by atoms with Gasteiger partial charge in [0.25, 0.3) is 0 Å². The number of hydrogen-bond donors (Lipinski definition) is 19. The second kappa shape index (κ2) is 37.4. The summed E-state index contributed by atoms with van der Waals surface area (Å²) in [6.45, 7) is 0.624. The van der Waals surface area contributed by atoms with Crippen LogP contribution < -0.4 is 10.6 Å². The van der Waals surface area contributed by atoms with Gasteiger partial charge in [-0.05, 0) is 48.7 Å². The van der Waals surface area contributed by atoms with Gasteiger partial charge in [-0.25, -0.2) is 0 Å². The molecule has 5 aliphatic heterocycles. The van der Waals surface area contributed by atoms with Crippen LogP contribution in [0.4, 0.5) is 0 Å². The minimum absolute atomic E-state index is 0.0505. The number of aliphatic hydroxyl groups excluding tert-OH is 17. The molecule has 34 heteroatoms. The third-order valence-electron chi connectivity index (χ3n) is 14.8. The highest BCUT2D eigenvalue weighted by Gasteiger charge is 2.51. The molecule has 29 nitrogen and oxygen atoms in total. The van der Waals surface area contributed by atoms with Crippen molar-refractivity contribution in [2.24, 2.45) is 11.3 Å². The summed E-state index contributed by atoms with van der Waals surface area (Å²) in [5, 5.41) is 182. The third-order valence-corrected chi connectivity index (χ3v) is 19.8. The molecule has 5 fully saturated rings. The molecule has 0 spiro atoms. The summed E-state index contributed by atoms with van der Waals surface area (Å²) in [4.78, 5) is 0. The maximum absolute atomic E-state index is 11.0. The Morgan fingerprint density at radius 2 is 0.880 bits per heavy atom. The van der Waals surface area contributed by atoms with Crippen molar-refractivity contribution in [2.75, 3.05) is 115 Å². The van der Waals surface area contributed by atoms with Gasteiger partial charge in [0.05, 0.1) is 63.9 Å². The van der Waals surface area contributed by atoms with Crippen molar-refractivity contribution in [2.45, 2.75) is 171 Å². The number of thioether (sulfide) groups is 4. The molecule has 0 aromatic carbocycles. The van der Waals surface area contributed by atoms with Gasteiger partial charge in [-0.3, -0.25) is 0 Å². The minimum atomic E-state index is -1.59. The summed E-state index contributed by atoms with van der Waals surface area (Å²) in [6, 6.07) is 0. The highest BCUT2D eigenvalue weighted by Crippen LogP contribution is 2.35. The van der Waals surface area contributed by atoms with Crippen LogP contribution in [0.15, 0.2) is 0 Å². The van der Waals surface area contributed by atoms with Gasteiger partial charge in [0.1, 0.15) is 120 Å². The monoisotopic (exact) mass is 1300 g/mol. The van der Waals surface area contributed by atoms with Crippen LogP contribution in [0.5, 0.6) is 0 Å². The molecule has 83 heavy (non-hydrogen) atoms. The summed E-state index contributed by atoms with van der Waals surface area (Å²) in [7, 11) is 1.26. The van der Waals surface area contributed by atoms with E-state index in [-0.39, 0.29) is 51.3 Å². The van der Waals surface area contributed by atoms with Crippen LogP contribution in [0.2, 0.25) is 0 Å². The summed E-state index contributed by atoms with van der Waals surface area (Å²) in [5.74, 6) is 1.42. The van der Waals surface area contributed by atoms with Crippen LogP contribution in [-0.2, 0) is 47.4 Å². The molecule has 488 valence electrons. The second-order valence-corrected chi connectivity index (χ2v) is 26.2. The highest BCUT2D eigenvalue weighted by atomic mass is 32.2. The van der Waals surface area contributed by atoms with Gasteiger partial charge in [0.2, 0.25) is 0 Å². The van der Waals surface area contributed by atoms with E-state index in [1.807, 2.05) is 0 Å². The Bertz CT molecular complexity index is 1690. The zero-order chi connectivity index (χ0) is 61.0. The van der Waals surface area contributed by atoms with Gasteiger partial charge in [0, 0.05) is 57.4 Å². The van der Waals surface area contributed by atoms with Gasteiger partial charge >= 0.3 is 0 Å². The van der Waals surface area contributed by atoms with Gasteiger partial charge in [0.15, 0.2) is 17.7 Å². The molecule has 0 aromatic heterocycles. The van der Waals surface area contributed by atoms with Crippen molar-refractivity contribution in [3.8, 4) is 0 Å². The molecule has 0 radical (unpaired) electrons. The molecule has 25 atom stereocenters. The lowest BCUT2D eigenvalue weighted by atomic mass is 9.90. The molecule has 5 rings (SSSR count). The van der Waals surface area contributed by atoms with Crippen LogP contribution in [0.25, 0.3) is 0 Å². The van der Waals surface area contributed by atoms with Crippen LogP contribution in [0, 0.1) is 11.3 Å². The standard InChI is InChI=1S/C49H90N2O27S5/c1-23-28(74-44(37(64)29(23)56)78-42-27(17-55)73-43(69-2)38(65)36(42)63)18-80-13-6-50-48(79)51-19-49(20-70-7-3-10-81-45-39(66)33(60)30(57)24(14-52)75-45,21-71-8-4-11-82-46-40(67)34(61)31(58)25(15-53)76-46)22-72-9-5-12-83-47-41(68)35(62)32(59)26(16-54)77-47/h23-47,52-68H,3-22H2,1-2H3,(H2,50,51,79)/t23?,24?,25?,26?,27?,28?,29-,30+,31+,32+,33-,34-,35-,36+,37?,38?,39?,40?,41?,42?,43-,44+,45+,46+,47+,49?/m0/s1. The van der Waals surface area contributed by atoms with Gasteiger partial charge < -0.3 is 145 Å². The molecule has 0 aliphatic carbocycles. The predicted molar refractivity (Wildman–Crippen MR) is 303 cm³/mol. The Kier molecular flexibility index (Phi) is 33.2. The fraction of sp³-hybridized carbons (Fsp3) is 0.980. The number of aliphatic hydroxyl groups is 17. The minimum Gasteiger partial charge on any atom is -0.394 e. The first kappa shape index (κ1) is 73.7. The first-order chi connectivity index (χ1) is 39.7. The number of hydrogen-bond acceptors (Lipinski definition) is 32. The molecule has 5 saturated heterocycles. The maximum atomic E-state index is 11.0. The van der Waals surface area contributed by atoms with E-state index >= 15 is 0 Å². The first-order valence-electron chi connectivity index (χ1n) is 27.6. The third kappa shape index (κ3) is 21.0. The van der Waals surface area contributed by atoms with E-state index in [1.54, 1.807) is 6.92 Å². The van der Waals surface area contributed by atoms with Crippen molar-refractivity contribution in [1.82, 2.24) is 10.6 Å². The topological polar surface area (TPSA) is 460 Å². The van der Waals surface area contributed by atoms with Gasteiger partial charge in [-0.1, -0.05) is 6.92 Å². The van der Waals surface area contributed by atoms with Gasteiger partial charge in [-0.2, -0.15) is 11.8 Å². The molecular weight excluding hydrogens is 1210 g/mol. The summed E-state index contributed by atoms with van der Waals surface area (Å²) in [6.07, 6.45) is -27.0. The lowest BCUT2D eigenvalue weighted by Gasteiger charge is -2.46. The maximum Gasteiger partial charge on any atom is 0.186 e. The number of thiocarbonyl (C=S) groups is 1. The second-order valence-electron chi connectivity index (χ2n) is 21.0. The van der Waals surface area contributed by atoms with Crippen molar-refractivity contribution in [1.29, 1.82) is 0 Å². The molecule has 5 heterocycles. The van der Waals surface area contributed by atoms with Gasteiger partial charge in [-0.15, -0.1) is 35.3 Å². The molecule has 12 unspecified atom stereocenters. The van der Waals surface area contributed by atoms with Crippen molar-refractivity contribution in [3.05, 3.63) is 0 Å². The molecule has 0 saturated carbocycles. The lowest BCUT2D eigenvalue weighted by molar-refractivity contribution is -0.350. The molecule has 0 bridgehead atoms. The van der Waals surface area contributed by atoms with Crippen molar-refractivity contribution in [3.63, 3.8) is 0 Å². The SMILES string of the molecule is CO[C@H]1OC(CO)C(O[C@H]2OC(CSCCNC(=S)NCC(COCCCS[C@H]3OC(CO)[C@@H](O)[C@H](O)C3O)(COCCCS[C@H]3OC(CO)[C@@H](O)[C@H](O)C3O)COCCCS[C@H]3OC(CO)[C@@H](O)[C@H](O)C3O)C(C)[C@H](O)C2O)[C@H](O)C1O. The van der Waals surface area contributed by atoms with E-state index < -0.39 is 183 Å². The number of rotatable bonds is 35. The molecule has 5 aliphatic rings. The van der Waals surface area contributed by atoms with E-state index in [1.165, 1.54) is 54.2 Å². The lowest BCUT2D eigenvalue weighted by Crippen LogP contribution is -2.63. The Balaban J connectivity index is 1.19. The van der Waals surface area contributed by atoms with E-state index in [2.05, 4.69) is 10.6 Å². The molecular formula is C49H90N2O27S5. The normalized spacial score (nSPS) is 40.4. The molecule has 19 N–H and O–H groups in total.